The van der Waals surface area contributed by atoms with E-state index in [-0.39, 0.29) is 0 Å². The number of benzene rings is 1. The molecule has 0 radical (unpaired) electrons. The number of aryl methyl sites for hydroxylation is 2. The molecule has 4 rings (SSSR count). The first-order valence-corrected chi connectivity index (χ1v) is 8.97. The molecule has 0 N–H and O–H groups in total. The number of alkyl halides is 1. The van der Waals surface area contributed by atoms with Crippen LogP contribution >= 0.6 is 0 Å². The molecule has 0 spiro atoms. The van der Waals surface area contributed by atoms with Gasteiger partial charge in [-0.15, -0.1) is 0 Å². The molecule has 130 valence electrons. The Hall–Kier alpha value is -2.43. The normalized spacial score (nSPS) is 17.9. The minimum atomic E-state index is -0.850. The van der Waals surface area contributed by atoms with Gasteiger partial charge in [0.2, 0.25) is 0 Å². The molecule has 1 aliphatic rings. The number of hydrogen-bond donors (Lipinski definition) is 0. The van der Waals surface area contributed by atoms with Crippen LogP contribution in [0.1, 0.15) is 43.4 Å². The third-order valence-electron chi connectivity index (χ3n) is 4.92. The fourth-order valence-electron chi connectivity index (χ4n) is 3.69. The molecule has 0 amide bonds. The van der Waals surface area contributed by atoms with E-state index in [2.05, 4.69) is 46.2 Å². The molecule has 1 atom stereocenters. The van der Waals surface area contributed by atoms with Gasteiger partial charge >= 0.3 is 0 Å². The second kappa shape index (κ2) is 6.47. The van der Waals surface area contributed by atoms with E-state index in [9.17, 15) is 4.39 Å². The Balaban J connectivity index is 1.72. The largest absolute Gasteiger partial charge is 0.327 e. The quantitative estimate of drug-likeness (QED) is 0.701. The Kier molecular flexibility index (Phi) is 4.15. The van der Waals surface area contributed by atoms with E-state index in [4.69, 9.17) is 4.98 Å². The fourth-order valence-corrected chi connectivity index (χ4v) is 3.69. The molecule has 0 fully saturated rings. The average molecular weight is 338 g/mol. The Labute approximate surface area is 147 Å². The summed E-state index contributed by atoms with van der Waals surface area (Å²) in [6.07, 6.45) is 7.03. The molecule has 25 heavy (non-hydrogen) atoms. The van der Waals surface area contributed by atoms with Crippen molar-refractivity contribution < 1.29 is 4.39 Å². The molecule has 1 aliphatic carbocycles. The molecule has 0 bridgehead atoms. The first-order chi connectivity index (χ1) is 12.2. The van der Waals surface area contributed by atoms with Crippen LogP contribution in [0.2, 0.25) is 0 Å². The second-order valence-corrected chi connectivity index (χ2v) is 6.74. The van der Waals surface area contributed by atoms with Gasteiger partial charge in [-0.1, -0.05) is 6.07 Å². The van der Waals surface area contributed by atoms with E-state index >= 15 is 0 Å². The molecule has 1 unspecified atom stereocenters. The van der Waals surface area contributed by atoms with Gasteiger partial charge < -0.3 is 9.13 Å². The van der Waals surface area contributed by atoms with Crippen molar-refractivity contribution in [1.82, 2.24) is 19.1 Å². The van der Waals surface area contributed by atoms with Crippen molar-refractivity contribution in [3.8, 4) is 0 Å². The number of aromatic nitrogens is 4. The lowest BCUT2D eigenvalue weighted by atomic mass is 9.98. The third kappa shape index (κ3) is 2.99. The molecule has 5 heteroatoms. The van der Waals surface area contributed by atoms with Gasteiger partial charge in [0.05, 0.1) is 17.6 Å². The van der Waals surface area contributed by atoms with Gasteiger partial charge in [-0.2, -0.15) is 0 Å². The molecule has 1 aromatic carbocycles. The monoisotopic (exact) mass is 338 g/mol. The Bertz CT molecular complexity index is 934. The average Bonchev–Trinajstić information content (AvgIpc) is 3.19. The van der Waals surface area contributed by atoms with Crippen LogP contribution in [0.4, 0.5) is 4.39 Å². The lowest BCUT2D eigenvalue weighted by molar-refractivity contribution is 0.363. The topological polar surface area (TPSA) is 35.6 Å². The molecule has 2 heterocycles. The number of nitrogens with zero attached hydrogens (tertiary/aromatic N) is 4. The zero-order valence-electron chi connectivity index (χ0n) is 14.7. The molecular weight excluding hydrogens is 315 g/mol. The van der Waals surface area contributed by atoms with E-state index in [1.54, 1.807) is 12.3 Å². The van der Waals surface area contributed by atoms with Crippen LogP contribution in [0, 0.1) is 6.92 Å². The molecule has 0 saturated heterocycles. The number of fused-ring (bicyclic) bond motifs is 1. The van der Waals surface area contributed by atoms with Crippen LogP contribution in [0.5, 0.6) is 0 Å². The van der Waals surface area contributed by atoms with Gasteiger partial charge in [0.25, 0.3) is 0 Å². The summed E-state index contributed by atoms with van der Waals surface area (Å²) >= 11 is 0. The highest BCUT2D eigenvalue weighted by Crippen LogP contribution is 2.28. The van der Waals surface area contributed by atoms with Gasteiger partial charge in [0, 0.05) is 18.9 Å². The number of allylic oxidation sites excluding steroid dienone is 2. The number of halogens is 1. The fraction of sp³-hybridized carbons (Fsp3) is 0.400. The maximum Gasteiger partial charge on any atom is 0.135 e. The third-order valence-corrected chi connectivity index (χ3v) is 4.92. The Morgan fingerprint density at radius 2 is 2.20 bits per heavy atom. The van der Waals surface area contributed by atoms with Crippen LogP contribution in [0.15, 0.2) is 36.7 Å². The lowest BCUT2D eigenvalue weighted by Gasteiger charge is -2.17. The lowest BCUT2D eigenvalue weighted by Crippen LogP contribution is -2.12. The maximum atomic E-state index is 13.8. The van der Waals surface area contributed by atoms with E-state index in [1.807, 2.05) is 6.20 Å². The van der Waals surface area contributed by atoms with Crippen molar-refractivity contribution in [2.45, 2.75) is 52.4 Å². The van der Waals surface area contributed by atoms with Crippen molar-refractivity contribution in [3.63, 3.8) is 0 Å². The van der Waals surface area contributed by atoms with Crippen molar-refractivity contribution in [3.05, 3.63) is 53.9 Å². The second-order valence-electron chi connectivity index (χ2n) is 6.74. The van der Waals surface area contributed by atoms with Crippen molar-refractivity contribution in [1.29, 1.82) is 0 Å². The highest BCUT2D eigenvalue weighted by molar-refractivity contribution is 5.77. The smallest absolute Gasteiger partial charge is 0.135 e. The summed E-state index contributed by atoms with van der Waals surface area (Å²) in [6.45, 7) is 5.75. The van der Waals surface area contributed by atoms with Crippen LogP contribution < -0.4 is 0 Å². The summed E-state index contributed by atoms with van der Waals surface area (Å²) in [5.74, 6) is 1.88. The summed E-state index contributed by atoms with van der Waals surface area (Å²) < 4.78 is 18.1. The standard InChI is InChI=1S/C20H23FN4/c1-3-25-18-11-14(2)7-8-17(18)23-19(25)13-24-10-9-22-20(24)15-5-4-6-16(21)12-15/h7-12,16H,3-6,13H2,1-2H3. The van der Waals surface area contributed by atoms with Gasteiger partial charge in [-0.05, 0) is 62.5 Å². The summed E-state index contributed by atoms with van der Waals surface area (Å²) in [7, 11) is 0. The molecule has 0 aliphatic heterocycles. The predicted octanol–water partition coefficient (Wildman–Crippen LogP) is 4.51. The number of imidazole rings is 2. The van der Waals surface area contributed by atoms with Gasteiger partial charge in [-0.25, -0.2) is 14.4 Å². The van der Waals surface area contributed by atoms with E-state index in [0.717, 1.165) is 42.1 Å². The predicted molar refractivity (Wildman–Crippen MR) is 98.2 cm³/mol. The summed E-state index contributed by atoms with van der Waals surface area (Å²) in [4.78, 5) is 9.31. The van der Waals surface area contributed by atoms with Crippen LogP contribution in [-0.2, 0) is 13.1 Å². The Morgan fingerprint density at radius 3 is 3.00 bits per heavy atom. The van der Waals surface area contributed by atoms with Crippen molar-refractivity contribution in [2.24, 2.45) is 0 Å². The molecular formula is C20H23FN4. The summed E-state index contributed by atoms with van der Waals surface area (Å²) in [6, 6.07) is 6.35. The van der Waals surface area contributed by atoms with Crippen LogP contribution in [0.25, 0.3) is 16.6 Å². The van der Waals surface area contributed by atoms with Gasteiger partial charge in [0.15, 0.2) is 0 Å². The maximum absolute atomic E-state index is 13.8. The van der Waals surface area contributed by atoms with Crippen molar-refractivity contribution >= 4 is 16.6 Å². The van der Waals surface area contributed by atoms with Crippen LogP contribution in [-0.4, -0.2) is 25.3 Å². The first-order valence-electron chi connectivity index (χ1n) is 8.97. The zero-order chi connectivity index (χ0) is 17.4. The minimum Gasteiger partial charge on any atom is -0.327 e. The van der Waals surface area contributed by atoms with Crippen molar-refractivity contribution in [2.75, 3.05) is 0 Å². The molecule has 0 saturated carbocycles. The zero-order valence-corrected chi connectivity index (χ0v) is 14.7. The summed E-state index contributed by atoms with van der Waals surface area (Å²) in [5.41, 5.74) is 4.43. The number of rotatable bonds is 4. The molecule has 4 nitrogen and oxygen atoms in total. The van der Waals surface area contributed by atoms with E-state index in [0.29, 0.717) is 13.0 Å². The summed E-state index contributed by atoms with van der Waals surface area (Å²) in [5, 5.41) is 0. The minimum absolute atomic E-state index is 0.620. The SMILES string of the molecule is CCn1c(Cn2ccnc2C2=CC(F)CCC2)nc2ccc(C)cc21. The molecule has 2 aromatic heterocycles. The Morgan fingerprint density at radius 1 is 1.32 bits per heavy atom. The number of hydrogen-bond acceptors (Lipinski definition) is 2. The van der Waals surface area contributed by atoms with Crippen LogP contribution in [0.3, 0.4) is 0 Å². The highest BCUT2D eigenvalue weighted by atomic mass is 19.1. The molecule has 3 aromatic rings. The highest BCUT2D eigenvalue weighted by Gasteiger charge is 2.18. The van der Waals surface area contributed by atoms with Gasteiger partial charge in [-0.3, -0.25) is 0 Å². The van der Waals surface area contributed by atoms with Gasteiger partial charge in [0.1, 0.15) is 17.8 Å². The van der Waals surface area contributed by atoms with E-state index in [1.165, 1.54) is 11.1 Å². The first kappa shape index (κ1) is 16.1. The van der Waals surface area contributed by atoms with E-state index < -0.39 is 6.17 Å².